The van der Waals surface area contributed by atoms with Crippen molar-refractivity contribution >= 4 is 21.8 Å². The van der Waals surface area contributed by atoms with Gasteiger partial charge in [-0.15, -0.1) is 0 Å². The second kappa shape index (κ2) is 16.7. The van der Waals surface area contributed by atoms with Crippen LogP contribution in [0, 0.1) is 13.8 Å². The molecule has 1 unspecified atom stereocenters. The van der Waals surface area contributed by atoms with Gasteiger partial charge in [0.1, 0.15) is 5.82 Å². The van der Waals surface area contributed by atoms with E-state index in [9.17, 15) is 23.1 Å². The van der Waals surface area contributed by atoms with E-state index in [1.165, 1.54) is 12.1 Å². The molecule has 2 atom stereocenters. The molecule has 0 spiro atoms. The molecule has 11 nitrogen and oxygen atoms in total. The molecule has 12 heteroatoms. The summed E-state index contributed by atoms with van der Waals surface area (Å²) in [5, 5.41) is 25.1. The maximum atomic E-state index is 12.8. The molecule has 266 valence electrons. The number of aliphatic hydroxyl groups is 1. The summed E-state index contributed by atoms with van der Waals surface area (Å²) in [4.78, 5) is 29.9. The van der Waals surface area contributed by atoms with Gasteiger partial charge in [-0.3, -0.25) is 9.59 Å². The number of hydrogen-bond acceptors (Lipinski definition) is 7. The van der Waals surface area contributed by atoms with Crippen LogP contribution in [0.15, 0.2) is 108 Å². The summed E-state index contributed by atoms with van der Waals surface area (Å²) in [6.45, 7) is 7.08. The highest BCUT2D eigenvalue weighted by molar-refractivity contribution is 7.89. The molecule has 0 aliphatic carbocycles. The van der Waals surface area contributed by atoms with Crippen molar-refractivity contribution < 1.29 is 23.1 Å². The van der Waals surface area contributed by atoms with Crippen LogP contribution in [0.4, 0.5) is 0 Å². The average molecular weight is 709 g/mol. The third-order valence-corrected chi connectivity index (χ3v) is 9.55. The number of primary sulfonamides is 1. The number of benzene rings is 3. The van der Waals surface area contributed by atoms with Crippen molar-refractivity contribution in [1.29, 1.82) is 0 Å². The molecule has 0 bridgehead atoms. The predicted octanol–water partition coefficient (Wildman–Crippen LogP) is 4.18. The summed E-state index contributed by atoms with van der Waals surface area (Å²) in [5.41, 5.74) is 7.01. The molecule has 0 saturated heterocycles. The standard InChI is InChI=1S/C39H44N6O5S/c1-26(41-25-36(46)34-15-18-37(42-24-34)45-27(2)7-8-28(45)3)19-31-5-4-6-32(20-31)21-38(47)43-22-29-9-13-33(14-10-29)39(48)44-23-30-11-16-35(17-12-30)51(40,49)50/h4-18,20,24,26,36,41,46H,19,21-23,25H2,1-3H3,(H,43,47)(H,44,48)(H2,40,49,50)/t26?,36-/m0/s1. The average Bonchev–Trinajstić information content (AvgIpc) is 3.45. The van der Waals surface area contributed by atoms with E-state index in [0.29, 0.717) is 18.7 Å². The fourth-order valence-electron chi connectivity index (χ4n) is 5.78. The first-order chi connectivity index (χ1) is 24.4. The molecule has 5 aromatic rings. The summed E-state index contributed by atoms with van der Waals surface area (Å²) in [6, 6.07) is 28.9. The number of aromatic nitrogens is 2. The maximum absolute atomic E-state index is 12.8. The lowest BCUT2D eigenvalue weighted by atomic mass is 10.0. The van der Waals surface area contributed by atoms with Gasteiger partial charge >= 0.3 is 0 Å². The minimum absolute atomic E-state index is 0.00994. The van der Waals surface area contributed by atoms with Crippen LogP contribution in [0.1, 0.15) is 62.6 Å². The lowest BCUT2D eigenvalue weighted by molar-refractivity contribution is -0.120. The van der Waals surface area contributed by atoms with Gasteiger partial charge < -0.3 is 25.6 Å². The number of nitrogens with zero attached hydrogens (tertiary/aromatic N) is 2. The largest absolute Gasteiger partial charge is 0.387 e. The normalized spacial score (nSPS) is 12.6. The Hall–Kier alpha value is -5.14. The van der Waals surface area contributed by atoms with E-state index < -0.39 is 16.1 Å². The van der Waals surface area contributed by atoms with Crippen molar-refractivity contribution in [2.45, 2.75) is 63.7 Å². The van der Waals surface area contributed by atoms with Gasteiger partial charge in [0.15, 0.2) is 0 Å². The minimum atomic E-state index is -3.77. The van der Waals surface area contributed by atoms with Crippen molar-refractivity contribution in [3.05, 3.63) is 148 Å². The van der Waals surface area contributed by atoms with Gasteiger partial charge in [-0.05, 0) is 91.9 Å². The maximum Gasteiger partial charge on any atom is 0.251 e. The number of hydrogen-bond donors (Lipinski definition) is 5. The van der Waals surface area contributed by atoms with E-state index in [1.54, 1.807) is 42.6 Å². The van der Waals surface area contributed by atoms with Crippen LogP contribution in [0.3, 0.4) is 0 Å². The summed E-state index contributed by atoms with van der Waals surface area (Å²) in [5.74, 6) is 0.437. The second-order valence-electron chi connectivity index (χ2n) is 12.8. The van der Waals surface area contributed by atoms with E-state index in [2.05, 4.69) is 44.6 Å². The van der Waals surface area contributed by atoms with Crippen LogP contribution < -0.4 is 21.1 Å². The van der Waals surface area contributed by atoms with E-state index in [1.807, 2.05) is 50.2 Å². The smallest absolute Gasteiger partial charge is 0.251 e. The van der Waals surface area contributed by atoms with Crippen molar-refractivity contribution in [2.75, 3.05) is 6.54 Å². The van der Waals surface area contributed by atoms with Crippen molar-refractivity contribution in [2.24, 2.45) is 5.14 Å². The Morgan fingerprint density at radius 3 is 2.08 bits per heavy atom. The fourth-order valence-corrected chi connectivity index (χ4v) is 6.30. The van der Waals surface area contributed by atoms with Crippen LogP contribution in [0.25, 0.3) is 5.82 Å². The number of nitrogens with one attached hydrogen (secondary N) is 3. The van der Waals surface area contributed by atoms with Gasteiger partial charge in [-0.2, -0.15) is 0 Å². The molecule has 2 amide bonds. The zero-order valence-corrected chi connectivity index (χ0v) is 29.8. The molecule has 0 fully saturated rings. The number of pyridine rings is 1. The highest BCUT2D eigenvalue weighted by Crippen LogP contribution is 2.18. The molecular formula is C39H44N6O5S. The quantitative estimate of drug-likeness (QED) is 0.109. The zero-order valence-electron chi connectivity index (χ0n) is 29.0. The van der Waals surface area contributed by atoms with Crippen molar-refractivity contribution in [1.82, 2.24) is 25.5 Å². The lowest BCUT2D eigenvalue weighted by Gasteiger charge is -2.18. The van der Waals surface area contributed by atoms with Gasteiger partial charge in [-0.1, -0.05) is 54.6 Å². The van der Waals surface area contributed by atoms with Crippen LogP contribution in [-0.2, 0) is 40.7 Å². The predicted molar refractivity (Wildman–Crippen MR) is 197 cm³/mol. The molecule has 0 aliphatic rings. The third kappa shape index (κ3) is 10.4. The number of nitrogens with two attached hydrogens (primary N) is 1. The topological polar surface area (TPSA) is 168 Å². The molecular weight excluding hydrogens is 665 g/mol. The summed E-state index contributed by atoms with van der Waals surface area (Å²) < 4.78 is 24.9. The summed E-state index contributed by atoms with van der Waals surface area (Å²) >= 11 is 0. The molecule has 0 aliphatic heterocycles. The Labute approximate surface area is 299 Å². The Morgan fingerprint density at radius 1 is 0.824 bits per heavy atom. The molecule has 0 radical (unpaired) electrons. The van der Waals surface area contributed by atoms with Gasteiger partial charge in [0.25, 0.3) is 5.91 Å². The number of carbonyl (C=O) groups excluding carboxylic acids is 2. The van der Waals surface area contributed by atoms with Crippen LogP contribution in [0.2, 0.25) is 0 Å². The summed E-state index contributed by atoms with van der Waals surface area (Å²) in [6.07, 6.45) is 2.00. The number of aryl methyl sites for hydroxylation is 2. The first-order valence-electron chi connectivity index (χ1n) is 16.7. The fraction of sp³-hybridized carbons (Fsp3) is 0.256. The SMILES string of the molecule is Cc1ccc(C)n1-c1ccc([C@@H](O)CNC(C)Cc2cccc(CC(=O)NCc3ccc(C(=O)NCc4ccc(S(N)(=O)=O)cc4)cc3)c2)cn1. The van der Waals surface area contributed by atoms with E-state index in [-0.39, 0.29) is 35.7 Å². The van der Waals surface area contributed by atoms with Crippen molar-refractivity contribution in [3.63, 3.8) is 0 Å². The Kier molecular flexibility index (Phi) is 12.2. The third-order valence-electron chi connectivity index (χ3n) is 8.62. The number of rotatable bonds is 15. The summed E-state index contributed by atoms with van der Waals surface area (Å²) in [7, 11) is -3.77. The van der Waals surface area contributed by atoms with Gasteiger partial charge in [0.05, 0.1) is 17.4 Å². The first kappa shape index (κ1) is 37.1. The Morgan fingerprint density at radius 2 is 1.45 bits per heavy atom. The number of amides is 2. The molecule has 0 saturated carbocycles. The molecule has 2 heterocycles. The number of carbonyl (C=O) groups is 2. The van der Waals surface area contributed by atoms with Crippen molar-refractivity contribution in [3.8, 4) is 5.82 Å². The number of aliphatic hydroxyl groups excluding tert-OH is 1. The Balaban J connectivity index is 1.03. The van der Waals surface area contributed by atoms with Crippen LogP contribution in [-0.4, -0.2) is 47.5 Å². The van der Waals surface area contributed by atoms with Gasteiger partial charge in [0, 0.05) is 54.4 Å². The second-order valence-corrected chi connectivity index (χ2v) is 14.3. The highest BCUT2D eigenvalue weighted by Gasteiger charge is 2.14. The Bertz CT molecular complexity index is 2040. The molecule has 3 aromatic carbocycles. The van der Waals surface area contributed by atoms with Crippen LogP contribution in [0.5, 0.6) is 0 Å². The number of sulfonamides is 1. The zero-order chi connectivity index (χ0) is 36.5. The van der Waals surface area contributed by atoms with E-state index in [4.69, 9.17) is 5.14 Å². The van der Waals surface area contributed by atoms with E-state index >= 15 is 0 Å². The molecule has 5 rings (SSSR count). The van der Waals surface area contributed by atoms with Gasteiger partial charge in [0.2, 0.25) is 15.9 Å². The van der Waals surface area contributed by atoms with Gasteiger partial charge in [-0.25, -0.2) is 18.5 Å². The highest BCUT2D eigenvalue weighted by atomic mass is 32.2. The van der Waals surface area contributed by atoms with E-state index in [0.717, 1.165) is 51.4 Å². The molecule has 6 N–H and O–H groups in total. The molecule has 2 aromatic heterocycles. The van der Waals surface area contributed by atoms with Crippen LogP contribution >= 0.6 is 0 Å². The lowest BCUT2D eigenvalue weighted by Crippen LogP contribution is -2.32. The monoisotopic (exact) mass is 708 g/mol. The minimum Gasteiger partial charge on any atom is -0.387 e. The molecule has 51 heavy (non-hydrogen) atoms. The first-order valence-corrected chi connectivity index (χ1v) is 18.3.